The summed E-state index contributed by atoms with van der Waals surface area (Å²) in [6, 6.07) is 14.2. The number of ether oxygens (including phenoxy) is 3. The molecule has 9 heteroatoms. The molecular weight excluding hydrogens is 695 g/mol. The zero-order valence-corrected chi connectivity index (χ0v) is 29.2. The molecule has 0 saturated carbocycles. The summed E-state index contributed by atoms with van der Waals surface area (Å²) in [4.78, 5) is 32.1. The van der Waals surface area contributed by atoms with Crippen molar-refractivity contribution in [3.05, 3.63) is 73.9 Å². The van der Waals surface area contributed by atoms with Crippen molar-refractivity contribution in [2.75, 3.05) is 40.5 Å². The van der Waals surface area contributed by atoms with Crippen molar-refractivity contribution in [2.45, 2.75) is 64.1 Å². The van der Waals surface area contributed by atoms with Gasteiger partial charge in [0.2, 0.25) is 11.8 Å². The van der Waals surface area contributed by atoms with Gasteiger partial charge in [0, 0.05) is 38.7 Å². The van der Waals surface area contributed by atoms with Gasteiger partial charge in [-0.25, -0.2) is 0 Å². The number of halogens is 1. The molecule has 4 aliphatic rings. The monoisotopic (exact) mass is 740 g/mol. The maximum absolute atomic E-state index is 14.1. The average molecular weight is 741 g/mol. The smallest absolute Gasteiger partial charge is 0.234 e. The van der Waals surface area contributed by atoms with E-state index in [0.29, 0.717) is 25.4 Å². The van der Waals surface area contributed by atoms with E-state index in [2.05, 4.69) is 64.8 Å². The highest BCUT2D eigenvalue weighted by Gasteiger charge is 2.58. The Morgan fingerprint density at radius 1 is 1.09 bits per heavy atom. The molecule has 2 aromatic carbocycles. The van der Waals surface area contributed by atoms with E-state index in [9.17, 15) is 14.7 Å². The van der Waals surface area contributed by atoms with Gasteiger partial charge in [-0.3, -0.25) is 19.4 Å². The lowest BCUT2D eigenvalue weighted by molar-refractivity contribution is -0.144. The van der Waals surface area contributed by atoms with Crippen molar-refractivity contribution in [2.24, 2.45) is 17.8 Å². The number of carbonyl (C=O) groups is 2. The Morgan fingerprint density at radius 3 is 2.54 bits per heavy atom. The number of amides is 2. The molecule has 0 radical (unpaired) electrons. The number of nitrogens with zero attached hydrogens (tertiary/aromatic N) is 2. The van der Waals surface area contributed by atoms with Gasteiger partial charge in [-0.05, 0) is 95.5 Å². The van der Waals surface area contributed by atoms with Crippen LogP contribution >= 0.6 is 22.6 Å². The molecule has 8 nitrogen and oxygen atoms in total. The SMILES string of the molecule is CC/C(=C\c1cc(I)c(O)c(OC)c1)CC[C@H]1OC[C@H]2C1=C(COC)C[C@H]1C(=O)N(C3CCN(Cc4ccccc4)CC3)C(=O)[C@H]12. The van der Waals surface area contributed by atoms with Crippen LogP contribution in [0.25, 0.3) is 6.08 Å². The zero-order chi connectivity index (χ0) is 32.4. The van der Waals surface area contributed by atoms with Crippen LogP contribution in [0.1, 0.15) is 56.6 Å². The number of carbonyl (C=O) groups excluding carboxylic acids is 2. The van der Waals surface area contributed by atoms with Crippen molar-refractivity contribution in [3.8, 4) is 11.5 Å². The first-order valence-electron chi connectivity index (χ1n) is 16.5. The summed E-state index contributed by atoms with van der Waals surface area (Å²) in [6.45, 7) is 5.72. The summed E-state index contributed by atoms with van der Waals surface area (Å²) >= 11 is 2.12. The van der Waals surface area contributed by atoms with Crippen molar-refractivity contribution < 1.29 is 28.9 Å². The third kappa shape index (κ3) is 6.66. The molecule has 0 bridgehead atoms. The Morgan fingerprint density at radius 2 is 1.85 bits per heavy atom. The van der Waals surface area contributed by atoms with Gasteiger partial charge in [-0.1, -0.05) is 48.9 Å². The highest BCUT2D eigenvalue weighted by molar-refractivity contribution is 14.1. The minimum absolute atomic E-state index is 0.00257. The molecule has 3 fully saturated rings. The number of rotatable bonds is 11. The Balaban J connectivity index is 1.14. The predicted molar refractivity (Wildman–Crippen MR) is 185 cm³/mol. The fourth-order valence-corrected chi connectivity index (χ4v) is 8.70. The Bertz CT molecular complexity index is 1500. The second kappa shape index (κ2) is 14.6. The van der Waals surface area contributed by atoms with E-state index in [4.69, 9.17) is 14.2 Å². The summed E-state index contributed by atoms with van der Waals surface area (Å²) in [7, 11) is 3.26. The summed E-state index contributed by atoms with van der Waals surface area (Å²) in [5, 5.41) is 10.3. The molecule has 46 heavy (non-hydrogen) atoms. The summed E-state index contributed by atoms with van der Waals surface area (Å²) in [6.07, 6.45) is 6.80. The maximum Gasteiger partial charge on any atom is 0.234 e. The molecule has 2 amide bonds. The number of phenolic OH excluding ortho intramolecular Hbond substituents is 1. The van der Waals surface area contributed by atoms with Crippen molar-refractivity contribution >= 4 is 40.5 Å². The van der Waals surface area contributed by atoms with Gasteiger partial charge in [0.15, 0.2) is 11.5 Å². The van der Waals surface area contributed by atoms with Gasteiger partial charge < -0.3 is 19.3 Å². The maximum atomic E-state index is 14.1. The van der Waals surface area contributed by atoms with E-state index in [0.717, 1.165) is 66.4 Å². The molecule has 0 unspecified atom stereocenters. The second-order valence-corrected chi connectivity index (χ2v) is 14.2. The van der Waals surface area contributed by atoms with Crippen molar-refractivity contribution in [1.29, 1.82) is 0 Å². The Kier molecular flexibility index (Phi) is 10.5. The van der Waals surface area contributed by atoms with Crippen LogP contribution in [0.5, 0.6) is 11.5 Å². The van der Waals surface area contributed by atoms with Crippen molar-refractivity contribution in [1.82, 2.24) is 9.80 Å². The summed E-state index contributed by atoms with van der Waals surface area (Å²) < 4.78 is 18.2. The topological polar surface area (TPSA) is 88.5 Å². The molecule has 2 aromatic rings. The molecule has 4 atom stereocenters. The van der Waals surface area contributed by atoms with Crippen LogP contribution in [-0.4, -0.2) is 79.4 Å². The standard InChI is InChI=1S/C37H45IN2O6/c1-4-23(16-25-17-30(38)35(41)32(18-25)45-3)10-11-31-33-26(21-44-2)19-28-34(29(33)22-46-31)37(43)40(36(28)42)27-12-14-39(15-13-27)20-24-8-6-5-7-9-24/h5-9,16-18,27-29,31,34,41H,4,10-15,19-22H2,1-3H3/b23-16+/t28-,29+,31-,34-/m1/s1. The number of hydrogen-bond acceptors (Lipinski definition) is 7. The largest absolute Gasteiger partial charge is 0.504 e. The van der Waals surface area contributed by atoms with Crippen LogP contribution in [0.2, 0.25) is 0 Å². The van der Waals surface area contributed by atoms with Gasteiger partial charge in [-0.2, -0.15) is 0 Å². The predicted octanol–water partition coefficient (Wildman–Crippen LogP) is 6.21. The number of methoxy groups -OCH3 is 2. The van der Waals surface area contributed by atoms with Crippen LogP contribution in [0.3, 0.4) is 0 Å². The van der Waals surface area contributed by atoms with Gasteiger partial charge in [0.25, 0.3) is 0 Å². The van der Waals surface area contributed by atoms with E-state index in [1.54, 1.807) is 19.1 Å². The highest BCUT2D eigenvalue weighted by Crippen LogP contribution is 2.50. The van der Waals surface area contributed by atoms with Gasteiger partial charge in [-0.15, -0.1) is 0 Å². The lowest BCUT2D eigenvalue weighted by Crippen LogP contribution is -2.47. The molecule has 1 N–H and O–H groups in total. The zero-order valence-electron chi connectivity index (χ0n) is 27.0. The number of imide groups is 1. The molecule has 0 spiro atoms. The molecule has 1 aliphatic carbocycles. The number of hydrogen-bond donors (Lipinski definition) is 1. The number of phenols is 1. The van der Waals surface area contributed by atoms with Crippen molar-refractivity contribution in [3.63, 3.8) is 0 Å². The second-order valence-electron chi connectivity index (χ2n) is 13.0. The Hall–Kier alpha value is -2.73. The molecule has 246 valence electrons. The van der Waals surface area contributed by atoms with E-state index in [-0.39, 0.29) is 47.5 Å². The fraction of sp³-hybridized carbons (Fsp3) is 0.514. The van der Waals surface area contributed by atoms with E-state index >= 15 is 0 Å². The molecule has 0 aromatic heterocycles. The van der Waals surface area contributed by atoms with Crippen LogP contribution in [0.4, 0.5) is 0 Å². The molecule has 3 saturated heterocycles. The highest BCUT2D eigenvalue weighted by atomic mass is 127. The minimum atomic E-state index is -0.344. The molecule has 3 heterocycles. The van der Waals surface area contributed by atoms with Crippen LogP contribution < -0.4 is 4.74 Å². The Labute approximate surface area is 285 Å². The summed E-state index contributed by atoms with van der Waals surface area (Å²) in [5.74, 6) is -0.122. The first kappa shape index (κ1) is 33.2. The van der Waals surface area contributed by atoms with Gasteiger partial charge in [0.1, 0.15) is 0 Å². The van der Waals surface area contributed by atoms with Crippen LogP contribution in [0, 0.1) is 21.3 Å². The molecular formula is C37H45IN2O6. The van der Waals surface area contributed by atoms with E-state index in [1.165, 1.54) is 16.7 Å². The van der Waals surface area contributed by atoms with Gasteiger partial charge >= 0.3 is 0 Å². The quantitative estimate of drug-likeness (QED) is 0.167. The van der Waals surface area contributed by atoms with Crippen LogP contribution in [-0.2, 0) is 25.6 Å². The third-order valence-corrected chi connectivity index (χ3v) is 11.2. The normalized spacial score (nSPS) is 25.7. The average Bonchev–Trinajstić information content (AvgIpc) is 3.60. The number of likely N-dealkylation sites (tertiary alicyclic amines) is 2. The number of fused-ring (bicyclic) bond motifs is 3. The lowest BCUT2D eigenvalue weighted by atomic mass is 9.69. The number of benzene rings is 2. The minimum Gasteiger partial charge on any atom is -0.504 e. The number of aromatic hydroxyl groups is 1. The fourth-order valence-electron chi connectivity index (χ4n) is 8.08. The number of piperidine rings is 1. The first-order chi connectivity index (χ1) is 22.3. The summed E-state index contributed by atoms with van der Waals surface area (Å²) in [5.41, 5.74) is 5.88. The third-order valence-electron chi connectivity index (χ3n) is 10.4. The number of allylic oxidation sites excluding steroid dienone is 1. The first-order valence-corrected chi connectivity index (χ1v) is 17.6. The van der Waals surface area contributed by atoms with Crippen LogP contribution in [0.15, 0.2) is 59.2 Å². The molecule has 6 rings (SSSR count). The van der Waals surface area contributed by atoms with Gasteiger partial charge in [0.05, 0.1) is 41.8 Å². The van der Waals surface area contributed by atoms with E-state index < -0.39 is 0 Å². The molecule has 3 aliphatic heterocycles. The van der Waals surface area contributed by atoms with E-state index in [1.807, 2.05) is 18.2 Å². The lowest BCUT2D eigenvalue weighted by Gasteiger charge is -2.36.